The van der Waals surface area contributed by atoms with Gasteiger partial charge in [-0.3, -0.25) is 9.78 Å². The quantitative estimate of drug-likeness (QED) is 0.423. The first-order valence-corrected chi connectivity index (χ1v) is 8.93. The summed E-state index contributed by atoms with van der Waals surface area (Å²) < 4.78 is 52.2. The Morgan fingerprint density at radius 2 is 1.93 bits per heavy atom. The molecule has 160 valence electrons. The maximum absolute atomic E-state index is 13.0. The van der Waals surface area contributed by atoms with Gasteiger partial charge >= 0.3 is 6.18 Å². The first kappa shape index (κ1) is 21.7. The third-order valence-corrected chi connectivity index (χ3v) is 4.98. The summed E-state index contributed by atoms with van der Waals surface area (Å²) >= 11 is 5.81. The molecule has 2 aromatic heterocycles. The maximum atomic E-state index is 13.0. The van der Waals surface area contributed by atoms with Crippen LogP contribution < -0.4 is 16.6 Å². The van der Waals surface area contributed by atoms with Crippen LogP contribution in [0.5, 0.6) is 0 Å². The minimum atomic E-state index is -4.80. The highest BCUT2D eigenvalue weighted by Gasteiger charge is 2.38. The van der Waals surface area contributed by atoms with Crippen molar-refractivity contribution in [3.63, 3.8) is 0 Å². The minimum absolute atomic E-state index is 0.00618. The number of pyridine rings is 1. The molecular weight excluding hydrogens is 430 g/mol. The van der Waals surface area contributed by atoms with Crippen molar-refractivity contribution in [3.05, 3.63) is 58.1 Å². The minimum Gasteiger partial charge on any atom is -0.399 e. The number of hydrogen-bond donors (Lipinski definition) is 2. The molecule has 4 N–H and O–H groups in total. The van der Waals surface area contributed by atoms with Crippen molar-refractivity contribution in [3.8, 4) is 0 Å². The molecular formula is C17H16ClF4N7O. The topological polar surface area (TPSA) is 114 Å². The lowest BCUT2D eigenvalue weighted by Crippen LogP contribution is -2.49. The first-order chi connectivity index (χ1) is 14.0. The van der Waals surface area contributed by atoms with Gasteiger partial charge in [-0.2, -0.15) is 13.2 Å². The Balaban J connectivity index is 1.89. The Morgan fingerprint density at radius 1 is 1.30 bits per heavy atom. The fraction of sp³-hybridized carbons (Fsp3) is 0.294. The van der Waals surface area contributed by atoms with Gasteiger partial charge in [0, 0.05) is 19.2 Å². The Bertz CT molecular complexity index is 997. The van der Waals surface area contributed by atoms with Crippen molar-refractivity contribution in [2.24, 2.45) is 11.6 Å². The van der Waals surface area contributed by atoms with Crippen molar-refractivity contribution in [2.45, 2.75) is 25.6 Å². The molecule has 0 aliphatic carbocycles. The molecule has 1 amide bonds. The predicted octanol–water partition coefficient (Wildman–Crippen LogP) is 2.47. The SMILES string of the molecule is CC1C(N)=C(N(N)c2ncc(F)cn2)CCN1C(=O)c1ccnc(C(F)(F)F)c1Cl. The largest absolute Gasteiger partial charge is 0.434 e. The molecule has 1 unspecified atom stereocenters. The van der Waals surface area contributed by atoms with E-state index in [0.29, 0.717) is 5.70 Å². The van der Waals surface area contributed by atoms with E-state index in [1.807, 2.05) is 0 Å². The number of rotatable bonds is 3. The van der Waals surface area contributed by atoms with Crippen molar-refractivity contribution < 1.29 is 22.4 Å². The Kier molecular flexibility index (Phi) is 5.81. The normalized spacial score (nSPS) is 17.3. The molecule has 30 heavy (non-hydrogen) atoms. The van der Waals surface area contributed by atoms with E-state index in [1.165, 1.54) is 4.90 Å². The van der Waals surface area contributed by atoms with Crippen LogP contribution >= 0.6 is 11.6 Å². The number of nitrogens with two attached hydrogens (primary N) is 2. The van der Waals surface area contributed by atoms with E-state index in [0.717, 1.165) is 29.7 Å². The molecule has 0 aromatic carbocycles. The zero-order valence-electron chi connectivity index (χ0n) is 15.5. The summed E-state index contributed by atoms with van der Waals surface area (Å²) in [6.07, 6.45) is -1.90. The van der Waals surface area contributed by atoms with Gasteiger partial charge in [-0.1, -0.05) is 11.6 Å². The number of alkyl halides is 3. The Labute approximate surface area is 173 Å². The lowest BCUT2D eigenvalue weighted by atomic mass is 10.0. The molecule has 1 atom stereocenters. The van der Waals surface area contributed by atoms with Crippen LogP contribution in [-0.4, -0.2) is 38.3 Å². The van der Waals surface area contributed by atoms with E-state index < -0.39 is 34.7 Å². The summed E-state index contributed by atoms with van der Waals surface area (Å²) in [5.74, 6) is 4.61. The lowest BCUT2D eigenvalue weighted by Gasteiger charge is -2.37. The molecule has 0 fully saturated rings. The number of aromatic nitrogens is 3. The summed E-state index contributed by atoms with van der Waals surface area (Å²) in [6.45, 7) is 1.68. The number of hydrogen-bond acceptors (Lipinski definition) is 7. The summed E-state index contributed by atoms with van der Waals surface area (Å²) in [7, 11) is 0. The predicted molar refractivity (Wildman–Crippen MR) is 99.2 cm³/mol. The molecule has 1 aliphatic heterocycles. The van der Waals surface area contributed by atoms with Crippen LogP contribution in [-0.2, 0) is 6.18 Å². The zero-order valence-corrected chi connectivity index (χ0v) is 16.2. The van der Waals surface area contributed by atoms with Gasteiger partial charge in [-0.25, -0.2) is 25.2 Å². The Hall–Kier alpha value is -2.99. The van der Waals surface area contributed by atoms with E-state index in [4.69, 9.17) is 23.2 Å². The van der Waals surface area contributed by atoms with E-state index >= 15 is 0 Å². The second-order valence-corrected chi connectivity index (χ2v) is 6.79. The fourth-order valence-electron chi connectivity index (χ4n) is 3.02. The van der Waals surface area contributed by atoms with Crippen LogP contribution in [0.25, 0.3) is 0 Å². The first-order valence-electron chi connectivity index (χ1n) is 8.56. The number of halogens is 5. The smallest absolute Gasteiger partial charge is 0.399 e. The molecule has 3 heterocycles. The molecule has 0 saturated heterocycles. The lowest BCUT2D eigenvalue weighted by molar-refractivity contribution is -0.141. The van der Waals surface area contributed by atoms with Gasteiger partial charge in [0.1, 0.15) is 0 Å². The number of hydrazine groups is 1. The second kappa shape index (κ2) is 8.03. The average molecular weight is 446 g/mol. The van der Waals surface area contributed by atoms with Gasteiger partial charge in [-0.15, -0.1) is 0 Å². The summed E-state index contributed by atoms with van der Waals surface area (Å²) in [5.41, 5.74) is 5.05. The van der Waals surface area contributed by atoms with Gasteiger partial charge < -0.3 is 10.6 Å². The standard InChI is InChI=1S/C17H16ClF4N7O/c1-8-13(23)11(29(24)16-26-6-9(19)7-27-16)3-5-28(8)15(30)10-2-4-25-14(12(10)18)17(20,21)22/h2,4,6-8H,3,5,23-24H2,1H3. The monoisotopic (exact) mass is 445 g/mol. The van der Waals surface area contributed by atoms with Crippen molar-refractivity contribution >= 4 is 23.5 Å². The highest BCUT2D eigenvalue weighted by atomic mass is 35.5. The molecule has 8 nitrogen and oxygen atoms in total. The van der Waals surface area contributed by atoms with Crippen LogP contribution in [0, 0.1) is 5.82 Å². The van der Waals surface area contributed by atoms with Crippen LogP contribution in [0.4, 0.5) is 23.5 Å². The van der Waals surface area contributed by atoms with Crippen LogP contribution in [0.1, 0.15) is 29.4 Å². The van der Waals surface area contributed by atoms with E-state index in [-0.39, 0.29) is 30.2 Å². The average Bonchev–Trinajstić information content (AvgIpc) is 2.69. The maximum Gasteiger partial charge on any atom is 0.434 e. The third-order valence-electron chi connectivity index (χ3n) is 4.60. The summed E-state index contributed by atoms with van der Waals surface area (Å²) in [4.78, 5) is 24.9. The van der Waals surface area contributed by atoms with Gasteiger partial charge in [0.25, 0.3) is 5.91 Å². The van der Waals surface area contributed by atoms with Crippen LogP contribution in [0.15, 0.2) is 36.1 Å². The molecule has 0 radical (unpaired) electrons. The molecule has 1 aliphatic rings. The molecule has 0 saturated carbocycles. The summed E-state index contributed by atoms with van der Waals surface area (Å²) in [6, 6.07) is 0.398. The van der Waals surface area contributed by atoms with E-state index in [1.54, 1.807) is 6.92 Å². The number of nitrogens with zero attached hydrogens (tertiary/aromatic N) is 5. The van der Waals surface area contributed by atoms with Crippen molar-refractivity contribution in [1.82, 2.24) is 19.9 Å². The molecule has 0 bridgehead atoms. The fourth-order valence-corrected chi connectivity index (χ4v) is 3.32. The molecule has 0 spiro atoms. The number of amides is 1. The highest BCUT2D eigenvalue weighted by molar-refractivity contribution is 6.34. The van der Waals surface area contributed by atoms with Crippen LogP contribution in [0.2, 0.25) is 5.02 Å². The molecule has 2 aromatic rings. The van der Waals surface area contributed by atoms with Crippen LogP contribution in [0.3, 0.4) is 0 Å². The van der Waals surface area contributed by atoms with Gasteiger partial charge in [0.15, 0.2) is 11.5 Å². The molecule has 13 heteroatoms. The highest BCUT2D eigenvalue weighted by Crippen LogP contribution is 2.35. The van der Waals surface area contributed by atoms with E-state index in [9.17, 15) is 22.4 Å². The van der Waals surface area contributed by atoms with Gasteiger partial charge in [0.05, 0.1) is 40.4 Å². The van der Waals surface area contributed by atoms with Gasteiger partial charge in [-0.05, 0) is 13.0 Å². The number of carbonyl (C=O) groups is 1. The van der Waals surface area contributed by atoms with Crippen molar-refractivity contribution in [2.75, 3.05) is 11.6 Å². The number of anilines is 1. The van der Waals surface area contributed by atoms with E-state index in [2.05, 4.69) is 15.0 Å². The van der Waals surface area contributed by atoms with Crippen molar-refractivity contribution in [1.29, 1.82) is 0 Å². The Morgan fingerprint density at radius 3 is 2.53 bits per heavy atom. The molecule has 3 rings (SSSR count). The zero-order chi connectivity index (χ0) is 22.2. The number of carbonyl (C=O) groups excluding carboxylic acids is 1. The summed E-state index contributed by atoms with van der Waals surface area (Å²) in [5, 5.41) is 0.296. The second-order valence-electron chi connectivity index (χ2n) is 6.42. The third kappa shape index (κ3) is 4.00. The van der Waals surface area contributed by atoms with Gasteiger partial charge in [0.2, 0.25) is 5.95 Å².